The molecular weight excluding hydrogens is 413 g/mol. The largest absolute Gasteiger partial charge is 0.324 e. The predicted octanol–water partition coefficient (Wildman–Crippen LogP) is 4.76. The Balaban J connectivity index is 1.78. The molecule has 8 heteroatoms. The number of thioether (sulfide) groups is 1. The molecular formula is C21H19ClFN3O2S. The molecule has 1 amide bonds. The number of aryl methyl sites for hydroxylation is 2. The van der Waals surface area contributed by atoms with Gasteiger partial charge in [0.25, 0.3) is 5.56 Å². The maximum Gasteiger partial charge on any atom is 0.271 e. The fourth-order valence-electron chi connectivity index (χ4n) is 2.56. The number of nitrogens with zero attached hydrogens (tertiary/aromatic N) is 2. The van der Waals surface area contributed by atoms with E-state index in [1.54, 1.807) is 13.0 Å². The van der Waals surface area contributed by atoms with Crippen LogP contribution in [0.1, 0.15) is 18.1 Å². The zero-order chi connectivity index (χ0) is 21.1. The molecule has 3 rings (SSSR count). The molecule has 0 spiro atoms. The summed E-state index contributed by atoms with van der Waals surface area (Å²) in [6, 6.07) is 12.4. The van der Waals surface area contributed by atoms with Crippen molar-refractivity contribution in [1.29, 1.82) is 0 Å². The number of hydrogen-bond donors (Lipinski definition) is 1. The first-order valence-electron chi connectivity index (χ1n) is 8.85. The second-order valence-corrected chi connectivity index (χ2v) is 8.33. The molecule has 0 saturated heterocycles. The number of amides is 1. The molecule has 1 atom stereocenters. The normalized spacial score (nSPS) is 11.9. The Bertz CT molecular complexity index is 1130. The average Bonchev–Trinajstić information content (AvgIpc) is 2.67. The highest BCUT2D eigenvalue weighted by Crippen LogP contribution is 2.26. The Labute approximate surface area is 176 Å². The van der Waals surface area contributed by atoms with Crippen LogP contribution in [-0.4, -0.2) is 20.9 Å². The van der Waals surface area contributed by atoms with Crippen LogP contribution >= 0.6 is 23.4 Å². The highest BCUT2D eigenvalue weighted by Gasteiger charge is 2.17. The molecule has 0 aliphatic carbocycles. The molecule has 0 fully saturated rings. The van der Waals surface area contributed by atoms with Gasteiger partial charge in [0.15, 0.2) is 0 Å². The summed E-state index contributed by atoms with van der Waals surface area (Å²) in [5.41, 5.74) is 2.91. The Morgan fingerprint density at radius 2 is 1.90 bits per heavy atom. The van der Waals surface area contributed by atoms with Crippen molar-refractivity contribution in [2.75, 3.05) is 5.32 Å². The van der Waals surface area contributed by atoms with Gasteiger partial charge in [0.1, 0.15) is 10.8 Å². The molecule has 1 heterocycles. The minimum Gasteiger partial charge on any atom is -0.324 e. The van der Waals surface area contributed by atoms with E-state index in [0.717, 1.165) is 17.2 Å². The van der Waals surface area contributed by atoms with Gasteiger partial charge < -0.3 is 5.32 Å². The van der Waals surface area contributed by atoms with Crippen molar-refractivity contribution in [2.45, 2.75) is 31.0 Å². The molecule has 1 unspecified atom stereocenters. The quantitative estimate of drug-likeness (QED) is 0.591. The van der Waals surface area contributed by atoms with Gasteiger partial charge in [-0.05, 0) is 68.3 Å². The topological polar surface area (TPSA) is 64.0 Å². The maximum atomic E-state index is 13.2. The summed E-state index contributed by atoms with van der Waals surface area (Å²) in [6.45, 7) is 5.68. The lowest BCUT2D eigenvalue weighted by atomic mass is 10.1. The van der Waals surface area contributed by atoms with E-state index < -0.39 is 11.1 Å². The lowest BCUT2D eigenvalue weighted by molar-refractivity contribution is -0.115. The van der Waals surface area contributed by atoms with E-state index in [9.17, 15) is 14.0 Å². The summed E-state index contributed by atoms with van der Waals surface area (Å²) in [5.74, 6) is -0.789. The number of carbonyl (C=O) groups excluding carboxylic acids is 1. The van der Waals surface area contributed by atoms with Crippen LogP contribution in [0, 0.1) is 19.7 Å². The van der Waals surface area contributed by atoms with Gasteiger partial charge in [-0.15, -0.1) is 0 Å². The Morgan fingerprint density at radius 1 is 1.14 bits per heavy atom. The second-order valence-electron chi connectivity index (χ2n) is 6.56. The van der Waals surface area contributed by atoms with Crippen molar-refractivity contribution in [1.82, 2.24) is 9.78 Å². The van der Waals surface area contributed by atoms with Crippen LogP contribution in [0.5, 0.6) is 0 Å². The van der Waals surface area contributed by atoms with Gasteiger partial charge in [-0.25, -0.2) is 4.39 Å². The van der Waals surface area contributed by atoms with E-state index in [1.807, 2.05) is 32.0 Å². The molecule has 5 nitrogen and oxygen atoms in total. The minimum absolute atomic E-state index is 0.122. The third kappa shape index (κ3) is 5.05. The van der Waals surface area contributed by atoms with Crippen LogP contribution in [-0.2, 0) is 4.79 Å². The third-order valence-corrected chi connectivity index (χ3v) is 5.71. The van der Waals surface area contributed by atoms with E-state index in [2.05, 4.69) is 10.4 Å². The number of rotatable bonds is 5. The van der Waals surface area contributed by atoms with E-state index in [1.165, 1.54) is 34.6 Å². The van der Waals surface area contributed by atoms with Crippen molar-refractivity contribution in [3.8, 4) is 5.69 Å². The molecule has 0 saturated carbocycles. The molecule has 0 aliphatic heterocycles. The fraction of sp³-hybridized carbons (Fsp3) is 0.190. The van der Waals surface area contributed by atoms with Crippen LogP contribution in [0.25, 0.3) is 5.69 Å². The standard InChI is InChI=1S/C21H19ClFN3O2S/c1-12-4-6-16(10-13(12)2)26-20(27)9-8-19(25-26)29-14(3)21(28)24-18-7-5-15(23)11-17(18)22/h4-11,14H,1-3H3,(H,24,28). The van der Waals surface area contributed by atoms with Crippen molar-refractivity contribution in [3.63, 3.8) is 0 Å². The van der Waals surface area contributed by atoms with Gasteiger partial charge in [-0.1, -0.05) is 29.4 Å². The lowest BCUT2D eigenvalue weighted by Crippen LogP contribution is -2.24. The smallest absolute Gasteiger partial charge is 0.271 e. The monoisotopic (exact) mass is 431 g/mol. The highest BCUT2D eigenvalue weighted by molar-refractivity contribution is 8.00. The molecule has 2 aromatic carbocycles. The van der Waals surface area contributed by atoms with Crippen molar-refractivity contribution in [2.24, 2.45) is 0 Å². The van der Waals surface area contributed by atoms with Crippen LogP contribution in [0.3, 0.4) is 0 Å². The third-order valence-electron chi connectivity index (χ3n) is 4.37. The van der Waals surface area contributed by atoms with Crippen LogP contribution in [0.2, 0.25) is 5.02 Å². The minimum atomic E-state index is -0.519. The van der Waals surface area contributed by atoms with Crippen molar-refractivity contribution >= 4 is 35.0 Å². The zero-order valence-corrected chi connectivity index (χ0v) is 17.6. The van der Waals surface area contributed by atoms with Crippen LogP contribution in [0.4, 0.5) is 10.1 Å². The molecule has 0 bridgehead atoms. The van der Waals surface area contributed by atoms with E-state index in [0.29, 0.717) is 16.4 Å². The number of aromatic nitrogens is 2. The molecule has 0 radical (unpaired) electrons. The van der Waals surface area contributed by atoms with Crippen molar-refractivity contribution in [3.05, 3.63) is 80.9 Å². The van der Waals surface area contributed by atoms with Crippen LogP contribution in [0.15, 0.2) is 58.4 Å². The number of benzene rings is 2. The highest BCUT2D eigenvalue weighted by atomic mass is 35.5. The first-order valence-corrected chi connectivity index (χ1v) is 10.1. The number of carbonyl (C=O) groups is 1. The summed E-state index contributed by atoms with van der Waals surface area (Å²) in [6.07, 6.45) is 0. The van der Waals surface area contributed by atoms with Gasteiger partial charge in [0.2, 0.25) is 5.91 Å². The van der Waals surface area contributed by atoms with Gasteiger partial charge in [0, 0.05) is 6.07 Å². The van der Waals surface area contributed by atoms with Crippen molar-refractivity contribution < 1.29 is 9.18 Å². The van der Waals surface area contributed by atoms with E-state index in [-0.39, 0.29) is 16.5 Å². The first kappa shape index (κ1) is 21.1. The summed E-state index contributed by atoms with van der Waals surface area (Å²) >= 11 is 7.16. The summed E-state index contributed by atoms with van der Waals surface area (Å²) in [7, 11) is 0. The van der Waals surface area contributed by atoms with Gasteiger partial charge >= 0.3 is 0 Å². The number of anilines is 1. The second kappa shape index (κ2) is 8.80. The van der Waals surface area contributed by atoms with Gasteiger partial charge in [-0.3, -0.25) is 9.59 Å². The molecule has 29 heavy (non-hydrogen) atoms. The number of hydrogen-bond acceptors (Lipinski definition) is 4. The Hall–Kier alpha value is -2.64. The molecule has 150 valence electrons. The van der Waals surface area contributed by atoms with Gasteiger partial charge in [-0.2, -0.15) is 9.78 Å². The molecule has 0 aliphatic rings. The summed E-state index contributed by atoms with van der Waals surface area (Å²) < 4.78 is 14.5. The number of halogens is 2. The summed E-state index contributed by atoms with van der Waals surface area (Å²) in [4.78, 5) is 24.7. The van der Waals surface area contributed by atoms with Gasteiger partial charge in [0.05, 0.1) is 21.6 Å². The SMILES string of the molecule is Cc1ccc(-n2nc(SC(C)C(=O)Nc3ccc(F)cc3Cl)ccc2=O)cc1C. The predicted molar refractivity (Wildman–Crippen MR) is 115 cm³/mol. The van der Waals surface area contributed by atoms with E-state index >= 15 is 0 Å². The Morgan fingerprint density at radius 3 is 2.59 bits per heavy atom. The van der Waals surface area contributed by atoms with Crippen LogP contribution < -0.4 is 10.9 Å². The fourth-order valence-corrected chi connectivity index (χ4v) is 3.58. The van der Waals surface area contributed by atoms with E-state index in [4.69, 9.17) is 11.6 Å². The maximum absolute atomic E-state index is 13.2. The molecule has 1 N–H and O–H groups in total. The Kier molecular flexibility index (Phi) is 6.39. The average molecular weight is 432 g/mol. The molecule has 3 aromatic rings. The zero-order valence-electron chi connectivity index (χ0n) is 16.1. The lowest BCUT2D eigenvalue weighted by Gasteiger charge is -2.13. The first-order chi connectivity index (χ1) is 13.7. The summed E-state index contributed by atoms with van der Waals surface area (Å²) in [5, 5.41) is 7.18. The molecule has 1 aromatic heterocycles. The number of nitrogens with one attached hydrogen (secondary N) is 1.